The summed E-state index contributed by atoms with van der Waals surface area (Å²) in [6.45, 7) is 0.751. The second-order valence-corrected chi connectivity index (χ2v) is 8.72. The Morgan fingerprint density at radius 1 is 0.667 bits per heavy atom. The summed E-state index contributed by atoms with van der Waals surface area (Å²) in [5.74, 6) is 0.337. The first-order valence-electron chi connectivity index (χ1n) is 11.3. The molecule has 196 valence electrons. The van der Waals surface area contributed by atoms with Crippen LogP contribution in [0, 0.1) is 11.8 Å². The van der Waals surface area contributed by atoms with E-state index in [1.165, 1.54) is 24.3 Å². The Morgan fingerprint density at radius 2 is 1.03 bits per heavy atom. The smallest absolute Gasteiger partial charge is 0.338 e. The number of amides is 4. The zero-order chi connectivity index (χ0) is 26.3. The highest BCUT2D eigenvalue weighted by Crippen LogP contribution is 2.31. The topological polar surface area (TPSA) is 82.3 Å². The number of hydrogen-bond acceptors (Lipinski definition) is 2. The predicted molar refractivity (Wildman–Crippen MR) is 122 cm³/mol. The Morgan fingerprint density at radius 3 is 1.36 bits per heavy atom. The van der Waals surface area contributed by atoms with Crippen molar-refractivity contribution in [3.05, 3.63) is 59.7 Å². The number of urea groups is 2. The molecule has 12 heteroatoms. The SMILES string of the molecule is O=C(NCC1CCCC(CNC(=O)Nc2ccc(C(F)(F)F)cc2)C1)Nc1ccc(C(F)(F)F)cc1. The molecule has 4 amide bonds. The van der Waals surface area contributed by atoms with Gasteiger partial charge in [0.05, 0.1) is 11.1 Å². The predicted octanol–water partition coefficient (Wildman–Crippen LogP) is 6.47. The van der Waals surface area contributed by atoms with E-state index in [0.29, 0.717) is 13.1 Å². The van der Waals surface area contributed by atoms with Gasteiger partial charge >= 0.3 is 24.4 Å². The molecule has 1 saturated carbocycles. The number of hydrogen-bond donors (Lipinski definition) is 4. The average Bonchev–Trinajstić information content (AvgIpc) is 2.81. The van der Waals surface area contributed by atoms with Crippen LogP contribution in [0.5, 0.6) is 0 Å². The molecule has 1 fully saturated rings. The molecule has 0 spiro atoms. The van der Waals surface area contributed by atoms with E-state index in [0.717, 1.165) is 49.9 Å². The molecular formula is C24H26F6N4O2. The summed E-state index contributed by atoms with van der Waals surface area (Å²) >= 11 is 0. The van der Waals surface area contributed by atoms with Gasteiger partial charge in [-0.3, -0.25) is 0 Å². The van der Waals surface area contributed by atoms with Crippen LogP contribution in [0.3, 0.4) is 0 Å². The molecule has 0 radical (unpaired) electrons. The summed E-state index contributed by atoms with van der Waals surface area (Å²) < 4.78 is 75.8. The van der Waals surface area contributed by atoms with E-state index in [2.05, 4.69) is 21.3 Å². The number of carbonyl (C=O) groups is 2. The summed E-state index contributed by atoms with van der Waals surface area (Å²) in [5, 5.41) is 10.5. The van der Waals surface area contributed by atoms with Gasteiger partial charge in [-0.25, -0.2) is 9.59 Å². The van der Waals surface area contributed by atoms with Gasteiger partial charge in [-0.05, 0) is 79.6 Å². The van der Waals surface area contributed by atoms with Gasteiger partial charge in [-0.1, -0.05) is 6.42 Å². The Labute approximate surface area is 203 Å². The van der Waals surface area contributed by atoms with Crippen molar-refractivity contribution in [1.82, 2.24) is 10.6 Å². The van der Waals surface area contributed by atoms with Crippen molar-refractivity contribution in [2.45, 2.75) is 38.0 Å². The summed E-state index contributed by atoms with van der Waals surface area (Å²) in [7, 11) is 0. The van der Waals surface area contributed by atoms with Crippen LogP contribution in [-0.4, -0.2) is 25.2 Å². The summed E-state index contributed by atoms with van der Waals surface area (Å²) in [6, 6.07) is 7.24. The third-order valence-corrected chi connectivity index (χ3v) is 5.93. The first-order chi connectivity index (χ1) is 16.9. The van der Waals surface area contributed by atoms with Crippen LogP contribution < -0.4 is 21.3 Å². The molecule has 2 atom stereocenters. The minimum absolute atomic E-state index is 0.168. The fraction of sp³-hybridized carbons (Fsp3) is 0.417. The summed E-state index contributed by atoms with van der Waals surface area (Å²) in [5.41, 5.74) is -1.12. The van der Waals surface area contributed by atoms with Crippen LogP contribution in [-0.2, 0) is 12.4 Å². The molecule has 0 aromatic heterocycles. The normalized spacial score (nSPS) is 18.3. The minimum Gasteiger partial charge on any atom is -0.338 e. The van der Waals surface area contributed by atoms with Crippen LogP contribution in [0.25, 0.3) is 0 Å². The van der Waals surface area contributed by atoms with Crippen molar-refractivity contribution in [2.24, 2.45) is 11.8 Å². The van der Waals surface area contributed by atoms with E-state index in [9.17, 15) is 35.9 Å². The van der Waals surface area contributed by atoms with E-state index in [1.807, 2.05) is 0 Å². The van der Waals surface area contributed by atoms with Gasteiger partial charge in [0.25, 0.3) is 0 Å². The van der Waals surface area contributed by atoms with Gasteiger partial charge in [0.2, 0.25) is 0 Å². The van der Waals surface area contributed by atoms with Crippen LogP contribution >= 0.6 is 0 Å². The van der Waals surface area contributed by atoms with E-state index in [4.69, 9.17) is 0 Å². The van der Waals surface area contributed by atoms with Crippen molar-refractivity contribution in [2.75, 3.05) is 23.7 Å². The molecule has 6 nitrogen and oxygen atoms in total. The van der Waals surface area contributed by atoms with Crippen LogP contribution in [0.4, 0.5) is 47.3 Å². The fourth-order valence-electron chi connectivity index (χ4n) is 4.08. The van der Waals surface area contributed by atoms with Crippen molar-refractivity contribution in [1.29, 1.82) is 0 Å². The molecule has 0 bridgehead atoms. The average molecular weight is 516 g/mol. The summed E-state index contributed by atoms with van der Waals surface area (Å²) in [4.78, 5) is 24.2. The van der Waals surface area contributed by atoms with E-state index in [1.54, 1.807) is 0 Å². The molecule has 0 heterocycles. The number of nitrogens with one attached hydrogen (secondary N) is 4. The molecule has 2 aromatic carbocycles. The second-order valence-electron chi connectivity index (χ2n) is 8.72. The molecule has 2 unspecified atom stereocenters. The molecule has 4 N–H and O–H groups in total. The Bertz CT molecular complexity index is 941. The van der Waals surface area contributed by atoms with E-state index in [-0.39, 0.29) is 23.2 Å². The molecule has 36 heavy (non-hydrogen) atoms. The maximum Gasteiger partial charge on any atom is 0.416 e. The van der Waals surface area contributed by atoms with Gasteiger partial charge in [0.1, 0.15) is 0 Å². The van der Waals surface area contributed by atoms with Crippen molar-refractivity contribution in [3.63, 3.8) is 0 Å². The molecule has 1 aliphatic carbocycles. The molecule has 2 aromatic rings. The van der Waals surface area contributed by atoms with Gasteiger partial charge in [-0.15, -0.1) is 0 Å². The van der Waals surface area contributed by atoms with Crippen molar-refractivity contribution in [3.8, 4) is 0 Å². The maximum absolute atomic E-state index is 12.6. The zero-order valence-corrected chi connectivity index (χ0v) is 19.1. The minimum atomic E-state index is -4.45. The number of rotatable bonds is 6. The highest BCUT2D eigenvalue weighted by molar-refractivity contribution is 5.89. The number of carbonyl (C=O) groups excluding carboxylic acids is 2. The zero-order valence-electron chi connectivity index (χ0n) is 19.1. The lowest BCUT2D eigenvalue weighted by atomic mass is 9.81. The number of halogens is 6. The fourth-order valence-corrected chi connectivity index (χ4v) is 4.08. The molecule has 3 rings (SSSR count). The van der Waals surface area contributed by atoms with Crippen molar-refractivity contribution < 1.29 is 35.9 Å². The lowest BCUT2D eigenvalue weighted by molar-refractivity contribution is -0.138. The van der Waals surface area contributed by atoms with Gasteiger partial charge < -0.3 is 21.3 Å². The Hall–Kier alpha value is -3.44. The third kappa shape index (κ3) is 8.35. The monoisotopic (exact) mass is 516 g/mol. The van der Waals surface area contributed by atoms with Crippen molar-refractivity contribution >= 4 is 23.4 Å². The molecule has 0 saturated heterocycles. The largest absolute Gasteiger partial charge is 0.416 e. The van der Waals surface area contributed by atoms with E-state index >= 15 is 0 Å². The Kier molecular flexibility index (Phi) is 8.70. The summed E-state index contributed by atoms with van der Waals surface area (Å²) in [6.07, 6.45) is -5.48. The van der Waals surface area contributed by atoms with Gasteiger partial charge in [0, 0.05) is 24.5 Å². The van der Waals surface area contributed by atoms with Crippen LogP contribution in [0.1, 0.15) is 36.8 Å². The van der Waals surface area contributed by atoms with E-state index < -0.39 is 35.5 Å². The van der Waals surface area contributed by atoms with Gasteiger partial charge in [0.15, 0.2) is 0 Å². The molecule has 0 aliphatic heterocycles. The number of alkyl halides is 6. The number of anilines is 2. The first-order valence-corrected chi connectivity index (χ1v) is 11.3. The first kappa shape index (κ1) is 27.2. The standard InChI is InChI=1S/C24H26F6N4O2/c25-23(26,27)17-4-8-19(9-5-17)33-21(35)31-13-15-2-1-3-16(12-15)14-32-22(36)34-20-10-6-18(7-11-20)24(28,29)30/h4-11,15-16H,1-3,12-14H2,(H2,31,33,35)(H2,32,34,36). The number of benzene rings is 2. The maximum atomic E-state index is 12.6. The Balaban J connectivity index is 1.38. The van der Waals surface area contributed by atoms with Gasteiger partial charge in [-0.2, -0.15) is 26.3 Å². The lowest BCUT2D eigenvalue weighted by Gasteiger charge is -2.29. The highest BCUT2D eigenvalue weighted by Gasteiger charge is 2.31. The van der Waals surface area contributed by atoms with Crippen LogP contribution in [0.2, 0.25) is 0 Å². The highest BCUT2D eigenvalue weighted by atomic mass is 19.4. The lowest BCUT2D eigenvalue weighted by Crippen LogP contribution is -2.38. The molecular weight excluding hydrogens is 490 g/mol. The molecule has 1 aliphatic rings. The quantitative estimate of drug-likeness (QED) is 0.332. The second kappa shape index (κ2) is 11.5. The van der Waals surface area contributed by atoms with Crippen LogP contribution in [0.15, 0.2) is 48.5 Å². The third-order valence-electron chi connectivity index (χ3n) is 5.93.